The van der Waals surface area contributed by atoms with Gasteiger partial charge in [0.05, 0.1) is 31.4 Å². The van der Waals surface area contributed by atoms with Crippen LogP contribution in [0.5, 0.6) is 5.75 Å². The van der Waals surface area contributed by atoms with Crippen LogP contribution in [0.3, 0.4) is 0 Å². The van der Waals surface area contributed by atoms with E-state index in [4.69, 9.17) is 9.47 Å². The molecule has 0 spiro atoms. The van der Waals surface area contributed by atoms with Gasteiger partial charge in [-0.3, -0.25) is 4.79 Å². The number of halogens is 1. The van der Waals surface area contributed by atoms with Gasteiger partial charge in [0.1, 0.15) is 23.7 Å². The predicted molar refractivity (Wildman–Crippen MR) is 89.1 cm³/mol. The van der Waals surface area contributed by atoms with Crippen molar-refractivity contribution in [3.8, 4) is 5.75 Å². The third kappa shape index (κ3) is 4.21. The summed E-state index contributed by atoms with van der Waals surface area (Å²) in [5, 5.41) is 6.09. The maximum Gasteiger partial charge on any atom is 0.254 e. The summed E-state index contributed by atoms with van der Waals surface area (Å²) in [6.45, 7) is 0.942. The molecule has 0 saturated carbocycles. The first kappa shape index (κ1) is 17.1. The maximum absolute atomic E-state index is 14.1. The highest BCUT2D eigenvalue weighted by molar-refractivity contribution is 5.94. The zero-order chi connectivity index (χ0) is 17.6. The van der Waals surface area contributed by atoms with Crippen molar-refractivity contribution < 1.29 is 18.7 Å². The van der Waals surface area contributed by atoms with E-state index in [-0.39, 0.29) is 17.6 Å². The highest BCUT2D eigenvalue weighted by atomic mass is 19.1. The van der Waals surface area contributed by atoms with E-state index in [1.165, 1.54) is 25.6 Å². The number of nitrogens with zero attached hydrogens (tertiary/aromatic N) is 2. The number of hydrogen-bond donors (Lipinski definition) is 2. The topological polar surface area (TPSA) is 85.4 Å². The molecule has 3 rings (SSSR count). The summed E-state index contributed by atoms with van der Waals surface area (Å²) < 4.78 is 24.5. The Labute approximate surface area is 144 Å². The molecule has 0 aliphatic carbocycles. The number of carbonyl (C=O) groups is 1. The van der Waals surface area contributed by atoms with Crippen LogP contribution in [-0.2, 0) is 4.74 Å². The fourth-order valence-corrected chi connectivity index (χ4v) is 2.67. The fraction of sp³-hybridized carbons (Fsp3) is 0.353. The number of ether oxygens (including phenoxy) is 2. The van der Waals surface area contributed by atoms with Crippen molar-refractivity contribution in [1.29, 1.82) is 0 Å². The Morgan fingerprint density at radius 2 is 2.24 bits per heavy atom. The zero-order valence-corrected chi connectivity index (χ0v) is 13.7. The van der Waals surface area contributed by atoms with Crippen molar-refractivity contribution in [2.24, 2.45) is 0 Å². The van der Waals surface area contributed by atoms with Crippen molar-refractivity contribution in [2.45, 2.75) is 18.5 Å². The minimum absolute atomic E-state index is 0.0203. The van der Waals surface area contributed by atoms with Gasteiger partial charge in [-0.2, -0.15) is 0 Å². The second-order valence-corrected chi connectivity index (χ2v) is 5.63. The predicted octanol–water partition coefficient (Wildman–Crippen LogP) is 1.62. The van der Waals surface area contributed by atoms with E-state index < -0.39 is 11.7 Å². The standard InChI is InChI=1S/C17H19FN4O3/c1-24-11-2-3-12(13(18)8-11)17(23)22-14-5-7-25-9-15(14)21-16-4-6-19-10-20-16/h2-4,6,8,10,14-15H,5,7,9H2,1H3,(H,22,23)(H,19,20,21)/t14-,15+/m0/s1. The highest BCUT2D eigenvalue weighted by Crippen LogP contribution is 2.18. The summed E-state index contributed by atoms with van der Waals surface area (Å²) in [5.41, 5.74) is -0.0203. The van der Waals surface area contributed by atoms with Gasteiger partial charge in [-0.25, -0.2) is 14.4 Å². The molecule has 1 aromatic heterocycles. The van der Waals surface area contributed by atoms with E-state index >= 15 is 0 Å². The number of hydrogen-bond acceptors (Lipinski definition) is 6. The number of aromatic nitrogens is 2. The molecule has 2 N–H and O–H groups in total. The van der Waals surface area contributed by atoms with Gasteiger partial charge in [0, 0.05) is 18.9 Å². The number of anilines is 1. The molecule has 1 aromatic carbocycles. The Balaban J connectivity index is 1.69. The molecule has 0 unspecified atom stereocenters. The smallest absolute Gasteiger partial charge is 0.254 e. The van der Waals surface area contributed by atoms with Gasteiger partial charge in [-0.15, -0.1) is 0 Å². The minimum atomic E-state index is -0.621. The number of rotatable bonds is 5. The molecular weight excluding hydrogens is 327 g/mol. The maximum atomic E-state index is 14.1. The van der Waals surface area contributed by atoms with E-state index in [9.17, 15) is 9.18 Å². The van der Waals surface area contributed by atoms with Crippen LogP contribution >= 0.6 is 0 Å². The summed E-state index contributed by atoms with van der Waals surface area (Å²) >= 11 is 0. The van der Waals surface area contributed by atoms with E-state index in [2.05, 4.69) is 20.6 Å². The lowest BCUT2D eigenvalue weighted by Gasteiger charge is -2.33. The Morgan fingerprint density at radius 3 is 2.96 bits per heavy atom. The number of methoxy groups -OCH3 is 1. The molecule has 2 atom stereocenters. The van der Waals surface area contributed by atoms with Gasteiger partial charge in [0.2, 0.25) is 0 Å². The van der Waals surface area contributed by atoms with Crippen LogP contribution in [0.4, 0.5) is 10.2 Å². The fourth-order valence-electron chi connectivity index (χ4n) is 2.67. The van der Waals surface area contributed by atoms with Crippen molar-refractivity contribution in [3.63, 3.8) is 0 Å². The van der Waals surface area contributed by atoms with Gasteiger partial charge < -0.3 is 20.1 Å². The van der Waals surface area contributed by atoms with Crippen LogP contribution in [0, 0.1) is 5.82 Å². The molecule has 1 amide bonds. The normalized spacial score (nSPS) is 19.9. The average molecular weight is 346 g/mol. The van der Waals surface area contributed by atoms with Crippen molar-refractivity contribution >= 4 is 11.7 Å². The molecule has 8 heteroatoms. The van der Waals surface area contributed by atoms with Gasteiger partial charge >= 0.3 is 0 Å². The number of nitrogens with one attached hydrogen (secondary N) is 2. The number of carbonyl (C=O) groups excluding carboxylic acids is 1. The first-order valence-corrected chi connectivity index (χ1v) is 7.92. The molecule has 1 aliphatic heterocycles. The summed E-state index contributed by atoms with van der Waals surface area (Å²) in [6, 6.07) is 5.51. The lowest BCUT2D eigenvalue weighted by Crippen LogP contribution is -2.52. The van der Waals surface area contributed by atoms with Crippen LogP contribution in [-0.4, -0.2) is 48.3 Å². The van der Waals surface area contributed by atoms with Crippen LogP contribution in [0.15, 0.2) is 36.8 Å². The van der Waals surface area contributed by atoms with Gasteiger partial charge in [0.15, 0.2) is 0 Å². The summed E-state index contributed by atoms with van der Waals surface area (Å²) in [4.78, 5) is 20.4. The quantitative estimate of drug-likeness (QED) is 0.856. The van der Waals surface area contributed by atoms with Crippen molar-refractivity contribution in [1.82, 2.24) is 15.3 Å². The SMILES string of the molecule is COc1ccc(C(=O)N[C@H]2CCOC[C@H]2Nc2ccncn2)c(F)c1. The van der Waals surface area contributed by atoms with Gasteiger partial charge in [-0.05, 0) is 24.6 Å². The Morgan fingerprint density at radius 1 is 1.36 bits per heavy atom. The molecule has 1 fully saturated rings. The molecule has 1 saturated heterocycles. The molecule has 25 heavy (non-hydrogen) atoms. The third-order valence-corrected chi connectivity index (χ3v) is 4.01. The van der Waals surface area contributed by atoms with Crippen LogP contribution < -0.4 is 15.4 Å². The summed E-state index contributed by atoms with van der Waals surface area (Å²) in [7, 11) is 1.44. The van der Waals surface area contributed by atoms with E-state index in [1.54, 1.807) is 18.3 Å². The largest absolute Gasteiger partial charge is 0.497 e. The Bertz CT molecular complexity index is 729. The zero-order valence-electron chi connectivity index (χ0n) is 13.7. The van der Waals surface area contributed by atoms with Gasteiger partial charge in [0.25, 0.3) is 5.91 Å². The van der Waals surface area contributed by atoms with Gasteiger partial charge in [-0.1, -0.05) is 0 Å². The lowest BCUT2D eigenvalue weighted by molar-refractivity contribution is 0.0618. The van der Waals surface area contributed by atoms with Crippen molar-refractivity contribution in [2.75, 3.05) is 25.6 Å². The molecule has 2 aromatic rings. The number of amides is 1. The molecule has 132 valence electrons. The first-order chi connectivity index (χ1) is 12.2. The monoisotopic (exact) mass is 346 g/mol. The second-order valence-electron chi connectivity index (χ2n) is 5.63. The molecule has 1 aliphatic rings. The number of benzene rings is 1. The molecule has 2 heterocycles. The van der Waals surface area contributed by atoms with E-state index in [1.807, 2.05) is 0 Å². The molecule has 7 nitrogen and oxygen atoms in total. The third-order valence-electron chi connectivity index (χ3n) is 4.01. The highest BCUT2D eigenvalue weighted by Gasteiger charge is 2.28. The Kier molecular flexibility index (Phi) is 5.39. The summed E-state index contributed by atoms with van der Waals surface area (Å²) in [6.07, 6.45) is 3.68. The van der Waals surface area contributed by atoms with Crippen LogP contribution in [0.1, 0.15) is 16.8 Å². The average Bonchev–Trinajstić information content (AvgIpc) is 2.64. The lowest BCUT2D eigenvalue weighted by atomic mass is 10.0. The van der Waals surface area contributed by atoms with Crippen LogP contribution in [0.2, 0.25) is 0 Å². The molecule has 0 bridgehead atoms. The first-order valence-electron chi connectivity index (χ1n) is 7.92. The van der Waals surface area contributed by atoms with Crippen LogP contribution in [0.25, 0.3) is 0 Å². The minimum Gasteiger partial charge on any atom is -0.497 e. The summed E-state index contributed by atoms with van der Waals surface area (Å²) in [5.74, 6) is -0.0884. The Hall–Kier alpha value is -2.74. The van der Waals surface area contributed by atoms with Crippen molar-refractivity contribution in [3.05, 3.63) is 48.2 Å². The second kappa shape index (κ2) is 7.89. The molecular formula is C17H19FN4O3. The molecule has 0 radical (unpaired) electrons. The van der Waals surface area contributed by atoms with E-state index in [0.29, 0.717) is 31.2 Å². The van der Waals surface area contributed by atoms with E-state index in [0.717, 1.165) is 0 Å².